The molecule has 5 aromatic rings. The van der Waals surface area contributed by atoms with Crippen molar-refractivity contribution in [2.24, 2.45) is 0 Å². The van der Waals surface area contributed by atoms with E-state index in [-0.39, 0.29) is 6.61 Å². The van der Waals surface area contributed by atoms with Crippen LogP contribution in [0, 0.1) is 0 Å². The molecule has 0 aliphatic heterocycles. The summed E-state index contributed by atoms with van der Waals surface area (Å²) in [5.41, 5.74) is 3.62. The van der Waals surface area contributed by atoms with Crippen LogP contribution < -0.4 is 10.1 Å². The number of ether oxygens (including phenoxy) is 1. The number of nitrogens with one attached hydrogen (secondary N) is 1. The molecular formula is C28H25N3O2. The molecule has 1 aromatic heterocycles. The number of hydrogen-bond acceptors (Lipinski definition) is 4. The van der Waals surface area contributed by atoms with Crippen LogP contribution in [0.2, 0.25) is 0 Å². The summed E-state index contributed by atoms with van der Waals surface area (Å²) >= 11 is 0. The van der Waals surface area contributed by atoms with Gasteiger partial charge in [0.1, 0.15) is 18.0 Å². The van der Waals surface area contributed by atoms with Crippen molar-refractivity contribution >= 4 is 22.3 Å². The van der Waals surface area contributed by atoms with Crippen molar-refractivity contribution in [3.05, 3.63) is 115 Å². The van der Waals surface area contributed by atoms with Gasteiger partial charge in [-0.15, -0.1) is 0 Å². The summed E-state index contributed by atoms with van der Waals surface area (Å²) in [6.07, 6.45) is 1.82. The van der Waals surface area contributed by atoms with E-state index in [1.54, 1.807) is 6.92 Å². The third-order valence-corrected chi connectivity index (χ3v) is 5.63. The second-order valence-corrected chi connectivity index (χ2v) is 8.24. The predicted molar refractivity (Wildman–Crippen MR) is 132 cm³/mol. The molecule has 33 heavy (non-hydrogen) atoms. The molecule has 0 spiro atoms. The standard InChI is InChI=1S/C28H25N3O2/c1-28(32,20-33-26-15-13-24(14-16-26)30-23-8-4-2-5-9-23)22-12-17-27-21(18-22)19-29-31(27)25-10-6-3-7-11-25/h2-19,30,32H,20H2,1H3. The van der Waals surface area contributed by atoms with Crippen molar-refractivity contribution in [1.29, 1.82) is 0 Å². The number of aromatic nitrogens is 2. The quantitative estimate of drug-likeness (QED) is 0.326. The minimum absolute atomic E-state index is 0.136. The number of hydrogen-bond donors (Lipinski definition) is 2. The number of nitrogens with zero attached hydrogens (tertiary/aromatic N) is 2. The first-order valence-electron chi connectivity index (χ1n) is 10.9. The summed E-state index contributed by atoms with van der Waals surface area (Å²) in [6, 6.07) is 33.6. The molecule has 1 heterocycles. The Labute approximate surface area is 192 Å². The monoisotopic (exact) mass is 435 g/mol. The summed E-state index contributed by atoms with van der Waals surface area (Å²) in [6.45, 7) is 1.90. The average molecular weight is 436 g/mol. The van der Waals surface area contributed by atoms with E-state index in [9.17, 15) is 5.11 Å². The van der Waals surface area contributed by atoms with Crippen LogP contribution in [0.1, 0.15) is 12.5 Å². The highest BCUT2D eigenvalue weighted by Gasteiger charge is 2.25. The highest BCUT2D eigenvalue weighted by atomic mass is 16.5. The molecular weight excluding hydrogens is 410 g/mol. The smallest absolute Gasteiger partial charge is 0.121 e. The van der Waals surface area contributed by atoms with Gasteiger partial charge in [-0.2, -0.15) is 5.10 Å². The molecule has 0 amide bonds. The lowest BCUT2D eigenvalue weighted by atomic mass is 9.96. The van der Waals surface area contributed by atoms with Crippen LogP contribution in [0.4, 0.5) is 11.4 Å². The van der Waals surface area contributed by atoms with Gasteiger partial charge in [0.25, 0.3) is 0 Å². The van der Waals surface area contributed by atoms with E-state index in [1.165, 1.54) is 0 Å². The second-order valence-electron chi connectivity index (χ2n) is 8.24. The van der Waals surface area contributed by atoms with Gasteiger partial charge in [0.05, 0.1) is 17.4 Å². The van der Waals surface area contributed by atoms with E-state index in [2.05, 4.69) is 10.4 Å². The molecule has 164 valence electrons. The Hall–Kier alpha value is -4.09. The van der Waals surface area contributed by atoms with Gasteiger partial charge in [-0.05, 0) is 73.2 Å². The van der Waals surface area contributed by atoms with Gasteiger partial charge in [0.15, 0.2) is 0 Å². The average Bonchev–Trinajstić information content (AvgIpc) is 3.28. The Balaban J connectivity index is 1.28. The van der Waals surface area contributed by atoms with Crippen molar-refractivity contribution < 1.29 is 9.84 Å². The number of aliphatic hydroxyl groups is 1. The molecule has 0 saturated heterocycles. The van der Waals surface area contributed by atoms with Gasteiger partial charge in [-0.25, -0.2) is 4.68 Å². The fourth-order valence-electron chi connectivity index (χ4n) is 3.77. The first-order valence-corrected chi connectivity index (χ1v) is 10.9. The lowest BCUT2D eigenvalue weighted by molar-refractivity contribution is 0.00771. The van der Waals surface area contributed by atoms with Crippen molar-refractivity contribution in [2.45, 2.75) is 12.5 Å². The SMILES string of the molecule is CC(O)(COc1ccc(Nc2ccccc2)cc1)c1ccc2c(cnn2-c2ccccc2)c1. The molecule has 0 aliphatic rings. The highest BCUT2D eigenvalue weighted by molar-refractivity contribution is 5.81. The molecule has 1 unspecified atom stereocenters. The Kier molecular flexibility index (Phi) is 5.55. The highest BCUT2D eigenvalue weighted by Crippen LogP contribution is 2.28. The van der Waals surface area contributed by atoms with Gasteiger partial charge in [0.2, 0.25) is 0 Å². The van der Waals surface area contributed by atoms with E-state index in [1.807, 2.05) is 114 Å². The molecule has 1 atom stereocenters. The van der Waals surface area contributed by atoms with E-state index in [0.29, 0.717) is 5.75 Å². The third-order valence-electron chi connectivity index (χ3n) is 5.63. The fourth-order valence-corrected chi connectivity index (χ4v) is 3.77. The molecule has 5 nitrogen and oxygen atoms in total. The second kappa shape index (κ2) is 8.81. The molecule has 4 aromatic carbocycles. The topological polar surface area (TPSA) is 59.3 Å². The molecule has 0 radical (unpaired) electrons. The largest absolute Gasteiger partial charge is 0.490 e. The first-order chi connectivity index (χ1) is 16.1. The van der Waals surface area contributed by atoms with E-state index in [0.717, 1.165) is 33.5 Å². The summed E-state index contributed by atoms with van der Waals surface area (Å²) in [5, 5.41) is 19.9. The zero-order valence-corrected chi connectivity index (χ0v) is 18.3. The molecule has 0 aliphatic carbocycles. The lowest BCUT2D eigenvalue weighted by Gasteiger charge is -2.24. The number of para-hydroxylation sites is 2. The van der Waals surface area contributed by atoms with Crippen molar-refractivity contribution in [3.8, 4) is 11.4 Å². The molecule has 5 rings (SSSR count). The van der Waals surface area contributed by atoms with Crippen LogP contribution in [0.15, 0.2) is 109 Å². The minimum atomic E-state index is -1.15. The lowest BCUT2D eigenvalue weighted by Crippen LogP contribution is -2.29. The molecule has 0 fully saturated rings. The Morgan fingerprint density at radius 3 is 2.24 bits per heavy atom. The van der Waals surface area contributed by atoms with Gasteiger partial charge >= 0.3 is 0 Å². The molecule has 5 heteroatoms. The number of benzene rings is 4. The van der Waals surface area contributed by atoms with Gasteiger partial charge < -0.3 is 15.2 Å². The maximum Gasteiger partial charge on any atom is 0.121 e. The normalized spacial score (nSPS) is 12.9. The number of rotatable bonds is 7. The summed E-state index contributed by atoms with van der Waals surface area (Å²) in [4.78, 5) is 0. The number of fused-ring (bicyclic) bond motifs is 1. The van der Waals surface area contributed by atoms with Crippen molar-refractivity contribution in [1.82, 2.24) is 9.78 Å². The summed E-state index contributed by atoms with van der Waals surface area (Å²) in [7, 11) is 0. The van der Waals surface area contributed by atoms with Crippen LogP contribution in [0.5, 0.6) is 5.75 Å². The summed E-state index contributed by atoms with van der Waals surface area (Å²) < 4.78 is 7.82. The van der Waals surface area contributed by atoms with E-state index in [4.69, 9.17) is 4.74 Å². The number of anilines is 2. The van der Waals surface area contributed by atoms with Gasteiger partial charge in [0, 0.05) is 16.8 Å². The van der Waals surface area contributed by atoms with Crippen LogP contribution in [0.3, 0.4) is 0 Å². The third kappa shape index (κ3) is 4.59. The molecule has 0 saturated carbocycles. The van der Waals surface area contributed by atoms with E-state index >= 15 is 0 Å². The van der Waals surface area contributed by atoms with Crippen LogP contribution in [-0.2, 0) is 5.60 Å². The predicted octanol–water partition coefficient (Wildman–Crippen LogP) is 6.06. The van der Waals surface area contributed by atoms with Crippen LogP contribution in [0.25, 0.3) is 16.6 Å². The Morgan fingerprint density at radius 2 is 1.52 bits per heavy atom. The zero-order valence-electron chi connectivity index (χ0n) is 18.3. The fraction of sp³-hybridized carbons (Fsp3) is 0.107. The summed E-state index contributed by atoms with van der Waals surface area (Å²) in [5.74, 6) is 0.701. The van der Waals surface area contributed by atoms with Crippen LogP contribution in [-0.4, -0.2) is 21.5 Å². The maximum atomic E-state index is 11.1. The molecule has 2 N–H and O–H groups in total. The minimum Gasteiger partial charge on any atom is -0.490 e. The Morgan fingerprint density at radius 1 is 0.848 bits per heavy atom. The van der Waals surface area contributed by atoms with E-state index < -0.39 is 5.60 Å². The molecule has 0 bridgehead atoms. The van der Waals surface area contributed by atoms with Crippen molar-refractivity contribution in [2.75, 3.05) is 11.9 Å². The van der Waals surface area contributed by atoms with Gasteiger partial charge in [-0.1, -0.05) is 42.5 Å². The Bertz CT molecular complexity index is 1340. The van der Waals surface area contributed by atoms with Crippen LogP contribution >= 0.6 is 0 Å². The maximum absolute atomic E-state index is 11.1. The van der Waals surface area contributed by atoms with Crippen molar-refractivity contribution in [3.63, 3.8) is 0 Å². The van der Waals surface area contributed by atoms with Gasteiger partial charge in [-0.3, -0.25) is 0 Å². The zero-order chi connectivity index (χ0) is 22.7. The first kappa shape index (κ1) is 20.8.